The van der Waals surface area contributed by atoms with Crippen molar-refractivity contribution in [2.45, 2.75) is 32.2 Å². The van der Waals surface area contributed by atoms with Crippen LogP contribution in [-0.2, 0) is 17.7 Å². The Balaban J connectivity index is 1.46. The fourth-order valence-electron chi connectivity index (χ4n) is 3.28. The summed E-state index contributed by atoms with van der Waals surface area (Å²) in [5.41, 5.74) is 2.23. The van der Waals surface area contributed by atoms with Crippen LogP contribution in [0.25, 0.3) is 11.0 Å². The molecule has 0 aliphatic rings. The molecular formula is C22H26FN3O2. The third kappa shape index (κ3) is 4.95. The van der Waals surface area contributed by atoms with Gasteiger partial charge in [-0.05, 0) is 37.1 Å². The van der Waals surface area contributed by atoms with Crippen LogP contribution in [0.3, 0.4) is 0 Å². The van der Waals surface area contributed by atoms with Gasteiger partial charge in [-0.1, -0.05) is 30.7 Å². The number of aryl methyl sites for hydroxylation is 1. The number of carbonyl (C=O) groups is 1. The lowest BCUT2D eigenvalue weighted by molar-refractivity contribution is 0.0949. The van der Waals surface area contributed by atoms with E-state index in [1.807, 2.05) is 18.2 Å². The van der Waals surface area contributed by atoms with Gasteiger partial charge in [0.25, 0.3) is 5.91 Å². The first-order chi connectivity index (χ1) is 13.7. The average Bonchev–Trinajstić information content (AvgIpc) is 3.06. The molecule has 3 rings (SSSR count). The number of nitrogens with zero attached hydrogens (tertiary/aromatic N) is 2. The largest absolute Gasteiger partial charge is 0.383 e. The van der Waals surface area contributed by atoms with E-state index in [0.717, 1.165) is 49.1 Å². The minimum atomic E-state index is -0.491. The summed E-state index contributed by atoms with van der Waals surface area (Å²) < 4.78 is 21.0. The molecule has 0 aliphatic heterocycles. The molecule has 6 heteroatoms. The summed E-state index contributed by atoms with van der Waals surface area (Å²) in [6.45, 7) is 1.97. The van der Waals surface area contributed by atoms with Crippen molar-refractivity contribution in [3.63, 3.8) is 0 Å². The van der Waals surface area contributed by atoms with E-state index < -0.39 is 5.82 Å². The molecule has 0 spiro atoms. The second kappa shape index (κ2) is 9.99. The van der Waals surface area contributed by atoms with E-state index in [2.05, 4.69) is 16.0 Å². The number of amides is 1. The molecule has 0 bridgehead atoms. The zero-order chi connectivity index (χ0) is 19.8. The Hall–Kier alpha value is -2.73. The third-order valence-electron chi connectivity index (χ3n) is 4.73. The van der Waals surface area contributed by atoms with Crippen LogP contribution in [0.5, 0.6) is 0 Å². The van der Waals surface area contributed by atoms with Crippen LogP contribution >= 0.6 is 0 Å². The summed E-state index contributed by atoms with van der Waals surface area (Å²) in [6, 6.07) is 14.2. The summed E-state index contributed by atoms with van der Waals surface area (Å²) in [7, 11) is 1.70. The number of carbonyl (C=O) groups excluding carboxylic acids is 1. The second-order valence-electron chi connectivity index (χ2n) is 6.71. The molecule has 1 N–H and O–H groups in total. The SMILES string of the molecule is COCCn1c(CCCCCNC(=O)c2ccccc2F)nc2ccccc21. The molecule has 5 nitrogen and oxygen atoms in total. The van der Waals surface area contributed by atoms with Crippen LogP contribution in [-0.4, -0.2) is 35.7 Å². The lowest BCUT2D eigenvalue weighted by Gasteiger charge is -2.09. The van der Waals surface area contributed by atoms with Gasteiger partial charge in [0.05, 0.1) is 23.2 Å². The summed E-state index contributed by atoms with van der Waals surface area (Å²) in [6.07, 6.45) is 3.66. The van der Waals surface area contributed by atoms with E-state index >= 15 is 0 Å². The van der Waals surface area contributed by atoms with Gasteiger partial charge in [0.15, 0.2) is 0 Å². The maximum absolute atomic E-state index is 13.6. The number of unbranched alkanes of at least 4 members (excludes halogenated alkanes) is 2. The summed E-state index contributed by atoms with van der Waals surface area (Å²) >= 11 is 0. The Morgan fingerprint density at radius 3 is 2.71 bits per heavy atom. The van der Waals surface area contributed by atoms with Crippen molar-refractivity contribution < 1.29 is 13.9 Å². The molecule has 0 atom stereocenters. The van der Waals surface area contributed by atoms with Crippen LogP contribution in [0.4, 0.5) is 4.39 Å². The zero-order valence-electron chi connectivity index (χ0n) is 16.2. The first-order valence-corrected chi connectivity index (χ1v) is 9.66. The van der Waals surface area contributed by atoms with Crippen molar-refractivity contribution in [1.29, 1.82) is 0 Å². The van der Waals surface area contributed by atoms with Gasteiger partial charge in [-0.25, -0.2) is 9.37 Å². The molecule has 0 saturated carbocycles. The predicted octanol–water partition coefficient (Wildman–Crippen LogP) is 3.96. The fourth-order valence-corrected chi connectivity index (χ4v) is 3.28. The number of hydrogen-bond donors (Lipinski definition) is 1. The monoisotopic (exact) mass is 383 g/mol. The molecular weight excluding hydrogens is 357 g/mol. The highest BCUT2D eigenvalue weighted by molar-refractivity contribution is 5.94. The number of halogens is 1. The van der Waals surface area contributed by atoms with Crippen molar-refractivity contribution in [1.82, 2.24) is 14.9 Å². The van der Waals surface area contributed by atoms with Crippen LogP contribution in [0.2, 0.25) is 0 Å². The van der Waals surface area contributed by atoms with E-state index in [1.54, 1.807) is 19.2 Å². The molecule has 3 aromatic rings. The van der Waals surface area contributed by atoms with Gasteiger partial charge in [-0.15, -0.1) is 0 Å². The van der Waals surface area contributed by atoms with Crippen LogP contribution in [0.1, 0.15) is 35.4 Å². The number of ether oxygens (including phenoxy) is 1. The Morgan fingerprint density at radius 1 is 1.11 bits per heavy atom. The first-order valence-electron chi connectivity index (χ1n) is 9.66. The van der Waals surface area contributed by atoms with Crippen molar-refractivity contribution in [3.05, 3.63) is 65.7 Å². The predicted molar refractivity (Wildman–Crippen MR) is 108 cm³/mol. The number of aromatic nitrogens is 2. The van der Waals surface area contributed by atoms with Gasteiger partial charge in [0, 0.05) is 26.6 Å². The highest BCUT2D eigenvalue weighted by Crippen LogP contribution is 2.17. The lowest BCUT2D eigenvalue weighted by Crippen LogP contribution is -2.25. The number of imidazole rings is 1. The molecule has 1 heterocycles. The normalized spacial score (nSPS) is 11.1. The van der Waals surface area contributed by atoms with Gasteiger partial charge in [-0.3, -0.25) is 4.79 Å². The smallest absolute Gasteiger partial charge is 0.254 e. The van der Waals surface area contributed by atoms with Crippen molar-refractivity contribution in [2.24, 2.45) is 0 Å². The first kappa shape index (κ1) is 20.0. The average molecular weight is 383 g/mol. The number of methoxy groups -OCH3 is 1. The second-order valence-corrected chi connectivity index (χ2v) is 6.71. The molecule has 28 heavy (non-hydrogen) atoms. The summed E-state index contributed by atoms with van der Waals surface area (Å²) in [4.78, 5) is 16.7. The van der Waals surface area contributed by atoms with Crippen LogP contribution in [0, 0.1) is 5.82 Å². The van der Waals surface area contributed by atoms with E-state index in [1.165, 1.54) is 12.1 Å². The molecule has 0 saturated heterocycles. The van der Waals surface area contributed by atoms with E-state index in [-0.39, 0.29) is 11.5 Å². The molecule has 0 unspecified atom stereocenters. The van der Waals surface area contributed by atoms with Gasteiger partial charge < -0.3 is 14.6 Å². The minimum Gasteiger partial charge on any atom is -0.383 e. The number of fused-ring (bicyclic) bond motifs is 1. The number of benzene rings is 2. The van der Waals surface area contributed by atoms with E-state index in [0.29, 0.717) is 13.2 Å². The maximum atomic E-state index is 13.6. The number of rotatable bonds is 10. The molecule has 148 valence electrons. The Labute approximate surface area is 164 Å². The number of hydrogen-bond acceptors (Lipinski definition) is 3. The highest BCUT2D eigenvalue weighted by atomic mass is 19.1. The standard InChI is InChI=1S/C22H26FN3O2/c1-28-16-15-26-20-12-7-6-11-19(20)25-21(26)13-3-2-8-14-24-22(27)17-9-4-5-10-18(17)23/h4-7,9-12H,2-3,8,13-16H2,1H3,(H,24,27). The molecule has 0 radical (unpaired) electrons. The van der Waals surface area contributed by atoms with Crippen molar-refractivity contribution in [2.75, 3.05) is 20.3 Å². The zero-order valence-corrected chi connectivity index (χ0v) is 16.2. The van der Waals surface area contributed by atoms with E-state index in [4.69, 9.17) is 9.72 Å². The number of para-hydroxylation sites is 2. The molecule has 0 aliphatic carbocycles. The summed E-state index contributed by atoms with van der Waals surface area (Å²) in [5, 5.41) is 2.78. The van der Waals surface area contributed by atoms with Gasteiger partial charge in [0.2, 0.25) is 0 Å². The topological polar surface area (TPSA) is 56.1 Å². The fraction of sp³-hybridized carbons (Fsp3) is 0.364. The number of nitrogens with one attached hydrogen (secondary N) is 1. The van der Waals surface area contributed by atoms with Crippen molar-refractivity contribution in [3.8, 4) is 0 Å². The van der Waals surface area contributed by atoms with Gasteiger partial charge in [-0.2, -0.15) is 0 Å². The Morgan fingerprint density at radius 2 is 1.89 bits per heavy atom. The van der Waals surface area contributed by atoms with Crippen LogP contribution < -0.4 is 5.32 Å². The molecule has 1 amide bonds. The summed E-state index contributed by atoms with van der Waals surface area (Å²) in [5.74, 6) is 0.211. The maximum Gasteiger partial charge on any atom is 0.254 e. The molecule has 0 fully saturated rings. The third-order valence-corrected chi connectivity index (χ3v) is 4.73. The molecule has 1 aromatic heterocycles. The minimum absolute atomic E-state index is 0.0920. The van der Waals surface area contributed by atoms with E-state index in [9.17, 15) is 9.18 Å². The lowest BCUT2D eigenvalue weighted by atomic mass is 10.1. The van der Waals surface area contributed by atoms with Gasteiger partial charge in [0.1, 0.15) is 11.6 Å². The van der Waals surface area contributed by atoms with Gasteiger partial charge >= 0.3 is 0 Å². The quantitative estimate of drug-likeness (QED) is 0.539. The molecule has 2 aromatic carbocycles. The highest BCUT2D eigenvalue weighted by Gasteiger charge is 2.11. The van der Waals surface area contributed by atoms with Crippen molar-refractivity contribution >= 4 is 16.9 Å². The Bertz CT molecular complexity index is 923. The Kier molecular flexibility index (Phi) is 7.14. The van der Waals surface area contributed by atoms with Crippen LogP contribution in [0.15, 0.2) is 48.5 Å².